The van der Waals surface area contributed by atoms with Gasteiger partial charge in [0.15, 0.2) is 11.5 Å². The lowest BCUT2D eigenvalue weighted by molar-refractivity contribution is 0.0304. The van der Waals surface area contributed by atoms with Crippen molar-refractivity contribution in [2.45, 2.75) is 31.6 Å². The minimum absolute atomic E-state index is 0.260. The van der Waals surface area contributed by atoms with Crippen LogP contribution in [0.2, 0.25) is 0 Å². The summed E-state index contributed by atoms with van der Waals surface area (Å²) in [7, 11) is 0. The van der Waals surface area contributed by atoms with Gasteiger partial charge in [-0.3, -0.25) is 0 Å². The van der Waals surface area contributed by atoms with E-state index in [9.17, 15) is 4.39 Å². The molecule has 2 fully saturated rings. The zero-order valence-electron chi connectivity index (χ0n) is 16.9. The molecule has 2 bridgehead atoms. The molecule has 0 radical (unpaired) electrons. The Balaban J connectivity index is 1.33. The molecule has 0 spiro atoms. The van der Waals surface area contributed by atoms with Gasteiger partial charge in [0.2, 0.25) is 0 Å². The topological polar surface area (TPSA) is 69.0 Å². The minimum Gasteiger partial charge on any atom is -0.371 e. The molecule has 6 rings (SSSR count). The van der Waals surface area contributed by atoms with Gasteiger partial charge in [-0.25, -0.2) is 24.0 Å². The van der Waals surface area contributed by atoms with E-state index in [1.54, 1.807) is 23.0 Å². The summed E-state index contributed by atoms with van der Waals surface area (Å²) in [5.41, 5.74) is 2.88. The number of hydrogen-bond donors (Lipinski definition) is 0. The number of pyridine rings is 1. The van der Waals surface area contributed by atoms with Crippen LogP contribution in [-0.4, -0.2) is 50.0 Å². The van der Waals surface area contributed by atoms with Crippen LogP contribution >= 0.6 is 0 Å². The second kappa shape index (κ2) is 7.39. The van der Waals surface area contributed by atoms with Gasteiger partial charge in [-0.2, -0.15) is 5.10 Å². The Bertz CT molecular complexity index is 1230. The van der Waals surface area contributed by atoms with E-state index in [2.05, 4.69) is 19.9 Å². The van der Waals surface area contributed by atoms with Gasteiger partial charge in [0.25, 0.3) is 0 Å². The summed E-state index contributed by atoms with van der Waals surface area (Å²) in [5.74, 6) is 0.272. The molecule has 3 aromatic heterocycles. The van der Waals surface area contributed by atoms with Crippen LogP contribution in [0.15, 0.2) is 55.0 Å². The van der Waals surface area contributed by atoms with Crippen LogP contribution in [0, 0.1) is 5.82 Å². The molecule has 2 saturated heterocycles. The van der Waals surface area contributed by atoms with E-state index >= 15 is 0 Å². The first kappa shape index (κ1) is 18.4. The summed E-state index contributed by atoms with van der Waals surface area (Å²) in [5, 5.41) is 5.54. The Morgan fingerprint density at radius 1 is 0.968 bits per heavy atom. The number of anilines is 1. The van der Waals surface area contributed by atoms with Crippen molar-refractivity contribution in [3.63, 3.8) is 0 Å². The third-order valence-corrected chi connectivity index (χ3v) is 6.04. The largest absolute Gasteiger partial charge is 0.371 e. The first-order valence-corrected chi connectivity index (χ1v) is 10.5. The van der Waals surface area contributed by atoms with Crippen LogP contribution < -0.4 is 4.90 Å². The second-order valence-corrected chi connectivity index (χ2v) is 8.10. The van der Waals surface area contributed by atoms with Gasteiger partial charge < -0.3 is 9.64 Å². The normalized spacial score (nSPS) is 20.5. The first-order valence-electron chi connectivity index (χ1n) is 10.5. The number of hydrogen-bond acceptors (Lipinski definition) is 6. The van der Waals surface area contributed by atoms with Crippen LogP contribution in [0.1, 0.15) is 18.4 Å². The smallest absolute Gasteiger partial charge is 0.180 e. The molecule has 4 aromatic rings. The van der Waals surface area contributed by atoms with Crippen molar-refractivity contribution in [3.8, 4) is 11.5 Å². The summed E-state index contributed by atoms with van der Waals surface area (Å²) < 4.78 is 21.8. The van der Waals surface area contributed by atoms with Crippen LogP contribution in [0.4, 0.5) is 10.1 Å². The number of halogens is 1. The molecular formula is C23H21FN6O. The second-order valence-electron chi connectivity index (χ2n) is 8.10. The minimum atomic E-state index is -0.260. The van der Waals surface area contributed by atoms with Crippen LogP contribution in [-0.2, 0) is 11.3 Å². The van der Waals surface area contributed by atoms with Crippen molar-refractivity contribution in [2.24, 2.45) is 0 Å². The van der Waals surface area contributed by atoms with Gasteiger partial charge >= 0.3 is 0 Å². The van der Waals surface area contributed by atoms with Crippen molar-refractivity contribution >= 4 is 16.7 Å². The maximum atomic E-state index is 14.2. The number of morpholine rings is 1. The lowest BCUT2D eigenvalue weighted by Crippen LogP contribution is -2.42. The number of aromatic nitrogens is 5. The standard InChI is InChI=1S/C23H21FN6O/c24-20-6-2-1-4-15(20)12-30-23-19(5-3-9-25-23)21(28-30)22-26-10-16(11-27-22)29-13-17-7-8-18(14-29)31-17/h1-6,9-11,17-18H,7-8,12-14H2. The van der Waals surface area contributed by atoms with E-state index in [-0.39, 0.29) is 12.4 Å². The Kier molecular flexibility index (Phi) is 4.38. The van der Waals surface area contributed by atoms with Crippen LogP contribution in [0.3, 0.4) is 0 Å². The van der Waals surface area contributed by atoms with Crippen molar-refractivity contribution in [2.75, 3.05) is 18.0 Å². The third-order valence-electron chi connectivity index (χ3n) is 6.04. The molecule has 2 aliphatic heterocycles. The average molecular weight is 416 g/mol. The molecule has 31 heavy (non-hydrogen) atoms. The molecule has 2 aliphatic rings. The molecule has 156 valence electrons. The van der Waals surface area contributed by atoms with E-state index in [1.807, 2.05) is 30.6 Å². The maximum absolute atomic E-state index is 14.2. The van der Waals surface area contributed by atoms with Crippen molar-refractivity contribution in [1.82, 2.24) is 24.7 Å². The van der Waals surface area contributed by atoms with Crippen molar-refractivity contribution in [3.05, 3.63) is 66.4 Å². The number of rotatable bonds is 4. The van der Waals surface area contributed by atoms with E-state index in [0.29, 0.717) is 34.9 Å². The van der Waals surface area contributed by atoms with Gasteiger partial charge in [-0.05, 0) is 31.0 Å². The van der Waals surface area contributed by atoms with Gasteiger partial charge in [-0.15, -0.1) is 0 Å². The first-order chi connectivity index (χ1) is 15.2. The van der Waals surface area contributed by atoms with Gasteiger partial charge in [0.05, 0.1) is 42.2 Å². The monoisotopic (exact) mass is 416 g/mol. The SMILES string of the molecule is Fc1ccccc1Cn1nc(-c2ncc(N3CC4CCC(C3)O4)cn2)c2cccnc21. The Labute approximate surface area is 178 Å². The third kappa shape index (κ3) is 3.33. The molecule has 0 aliphatic carbocycles. The predicted molar refractivity (Wildman–Crippen MR) is 114 cm³/mol. The highest BCUT2D eigenvalue weighted by Crippen LogP contribution is 2.30. The average Bonchev–Trinajstić information content (AvgIpc) is 3.34. The zero-order chi connectivity index (χ0) is 20.8. The molecule has 5 heterocycles. The quantitative estimate of drug-likeness (QED) is 0.508. The summed E-state index contributed by atoms with van der Waals surface area (Å²) in [6.45, 7) is 2.04. The molecule has 2 unspecified atom stereocenters. The molecule has 2 atom stereocenters. The van der Waals surface area contributed by atoms with Gasteiger partial charge in [0, 0.05) is 24.8 Å². The van der Waals surface area contributed by atoms with Crippen molar-refractivity contribution in [1.29, 1.82) is 0 Å². The fourth-order valence-electron chi connectivity index (χ4n) is 4.51. The summed E-state index contributed by atoms with van der Waals surface area (Å²) in [4.78, 5) is 16.0. The fourth-order valence-corrected chi connectivity index (χ4v) is 4.51. The van der Waals surface area contributed by atoms with Crippen LogP contribution in [0.5, 0.6) is 0 Å². The Hall–Kier alpha value is -3.39. The summed E-state index contributed by atoms with van der Waals surface area (Å²) in [6.07, 6.45) is 8.28. The van der Waals surface area contributed by atoms with Gasteiger partial charge in [-0.1, -0.05) is 18.2 Å². The summed E-state index contributed by atoms with van der Waals surface area (Å²) >= 11 is 0. The van der Waals surface area contributed by atoms with E-state index < -0.39 is 0 Å². The molecule has 8 heteroatoms. The fraction of sp³-hybridized carbons (Fsp3) is 0.304. The van der Waals surface area contributed by atoms with E-state index in [0.717, 1.165) is 37.0 Å². The molecular weight excluding hydrogens is 395 g/mol. The van der Waals surface area contributed by atoms with Crippen LogP contribution in [0.25, 0.3) is 22.6 Å². The number of fused-ring (bicyclic) bond motifs is 3. The summed E-state index contributed by atoms with van der Waals surface area (Å²) in [6, 6.07) is 10.5. The molecule has 0 amide bonds. The maximum Gasteiger partial charge on any atom is 0.180 e. The Morgan fingerprint density at radius 3 is 2.52 bits per heavy atom. The van der Waals surface area contributed by atoms with E-state index in [1.165, 1.54) is 6.07 Å². The predicted octanol–water partition coefficient (Wildman–Crippen LogP) is 3.44. The molecule has 1 aromatic carbocycles. The highest BCUT2D eigenvalue weighted by Gasteiger charge is 2.34. The zero-order valence-corrected chi connectivity index (χ0v) is 16.9. The van der Waals surface area contributed by atoms with E-state index in [4.69, 9.17) is 9.84 Å². The van der Waals surface area contributed by atoms with Crippen molar-refractivity contribution < 1.29 is 9.13 Å². The number of nitrogens with zero attached hydrogens (tertiary/aromatic N) is 6. The lowest BCUT2D eigenvalue weighted by Gasteiger charge is -2.33. The molecule has 7 nitrogen and oxygen atoms in total. The number of ether oxygens (including phenoxy) is 1. The Morgan fingerprint density at radius 2 is 1.74 bits per heavy atom. The van der Waals surface area contributed by atoms with Gasteiger partial charge in [0.1, 0.15) is 11.5 Å². The number of benzene rings is 1. The highest BCUT2D eigenvalue weighted by molar-refractivity contribution is 5.89. The highest BCUT2D eigenvalue weighted by atomic mass is 19.1. The lowest BCUT2D eigenvalue weighted by atomic mass is 10.2. The molecule has 0 saturated carbocycles. The molecule has 0 N–H and O–H groups in total.